The van der Waals surface area contributed by atoms with Crippen LogP contribution >= 0.6 is 0 Å². The van der Waals surface area contributed by atoms with Gasteiger partial charge in [0.05, 0.1) is 5.69 Å². The van der Waals surface area contributed by atoms with Gasteiger partial charge in [-0.15, -0.1) is 6.58 Å². The zero-order valence-corrected chi connectivity index (χ0v) is 13.1. The lowest BCUT2D eigenvalue weighted by atomic mass is 10.0. The number of anilines is 1. The fraction of sp³-hybridized carbons (Fsp3) is 0.158. The van der Waals surface area contributed by atoms with E-state index in [0.29, 0.717) is 5.84 Å². The van der Waals surface area contributed by atoms with E-state index >= 15 is 0 Å². The SMILES string of the molecule is C=CCNc1cccc(-c2ccc(C)c(N=C(C)N=C)c2)c1. The molecule has 3 nitrogen and oxygen atoms in total. The first-order valence-electron chi connectivity index (χ1n) is 7.22. The Labute approximate surface area is 132 Å². The number of aliphatic imine (C=N–C) groups is 2. The van der Waals surface area contributed by atoms with Gasteiger partial charge in [0.1, 0.15) is 5.84 Å². The van der Waals surface area contributed by atoms with Crippen LogP contribution in [0.4, 0.5) is 11.4 Å². The van der Waals surface area contributed by atoms with Gasteiger partial charge in [0, 0.05) is 12.2 Å². The molecule has 0 aliphatic rings. The number of rotatable bonds is 5. The van der Waals surface area contributed by atoms with E-state index in [1.165, 1.54) is 0 Å². The number of benzene rings is 2. The molecule has 0 aliphatic heterocycles. The van der Waals surface area contributed by atoms with Gasteiger partial charge in [0.25, 0.3) is 0 Å². The van der Waals surface area contributed by atoms with Gasteiger partial charge in [-0.2, -0.15) is 0 Å². The first-order chi connectivity index (χ1) is 10.6. The van der Waals surface area contributed by atoms with Crippen LogP contribution in [0.1, 0.15) is 12.5 Å². The number of amidine groups is 1. The number of hydrogen-bond donors (Lipinski definition) is 1. The fourth-order valence-electron chi connectivity index (χ4n) is 2.12. The fourth-order valence-corrected chi connectivity index (χ4v) is 2.12. The molecule has 0 bridgehead atoms. The molecule has 0 aliphatic carbocycles. The van der Waals surface area contributed by atoms with E-state index in [0.717, 1.165) is 34.6 Å². The highest BCUT2D eigenvalue weighted by molar-refractivity contribution is 5.87. The van der Waals surface area contributed by atoms with Crippen molar-refractivity contribution in [2.24, 2.45) is 9.98 Å². The van der Waals surface area contributed by atoms with Crippen molar-refractivity contribution in [3.63, 3.8) is 0 Å². The summed E-state index contributed by atoms with van der Waals surface area (Å²) in [5, 5.41) is 3.30. The van der Waals surface area contributed by atoms with Crippen molar-refractivity contribution in [1.82, 2.24) is 0 Å². The molecule has 0 saturated carbocycles. The predicted molar refractivity (Wildman–Crippen MR) is 97.6 cm³/mol. The lowest BCUT2D eigenvalue weighted by Crippen LogP contribution is -1.97. The van der Waals surface area contributed by atoms with E-state index in [4.69, 9.17) is 0 Å². The second-order valence-corrected chi connectivity index (χ2v) is 5.07. The maximum absolute atomic E-state index is 4.49. The molecule has 0 heterocycles. The lowest BCUT2D eigenvalue weighted by molar-refractivity contribution is 1.34. The first-order valence-corrected chi connectivity index (χ1v) is 7.22. The molecule has 0 unspecified atom stereocenters. The maximum atomic E-state index is 4.49. The summed E-state index contributed by atoms with van der Waals surface area (Å²) >= 11 is 0. The van der Waals surface area contributed by atoms with Crippen LogP contribution < -0.4 is 5.32 Å². The summed E-state index contributed by atoms with van der Waals surface area (Å²) in [5.74, 6) is 0.668. The van der Waals surface area contributed by atoms with E-state index < -0.39 is 0 Å². The molecule has 2 aromatic carbocycles. The topological polar surface area (TPSA) is 36.8 Å². The Balaban J connectivity index is 2.38. The average molecular weight is 291 g/mol. The van der Waals surface area contributed by atoms with Crippen LogP contribution in [-0.2, 0) is 0 Å². The van der Waals surface area contributed by atoms with Crippen LogP contribution in [0, 0.1) is 6.92 Å². The molecule has 112 valence electrons. The second-order valence-electron chi connectivity index (χ2n) is 5.07. The van der Waals surface area contributed by atoms with Crippen molar-refractivity contribution in [2.75, 3.05) is 11.9 Å². The molecule has 0 amide bonds. The molecule has 0 atom stereocenters. The molecule has 0 radical (unpaired) electrons. The third-order valence-electron chi connectivity index (χ3n) is 3.37. The van der Waals surface area contributed by atoms with Crippen molar-refractivity contribution >= 4 is 23.9 Å². The standard InChI is InChI=1S/C19H21N3/c1-5-11-21-18-8-6-7-16(12-18)17-10-9-14(2)19(13-17)22-15(3)20-4/h5-10,12-13,21H,1,4,11H2,2-3H3. The van der Waals surface area contributed by atoms with Crippen LogP contribution in [0.2, 0.25) is 0 Å². The molecule has 0 saturated heterocycles. The van der Waals surface area contributed by atoms with Crippen molar-refractivity contribution < 1.29 is 0 Å². The van der Waals surface area contributed by atoms with Gasteiger partial charge >= 0.3 is 0 Å². The number of aryl methyl sites for hydroxylation is 1. The largest absolute Gasteiger partial charge is 0.382 e. The third kappa shape index (κ3) is 3.92. The highest BCUT2D eigenvalue weighted by Gasteiger charge is 2.03. The quantitative estimate of drug-likeness (QED) is 0.469. The summed E-state index contributed by atoms with van der Waals surface area (Å²) in [7, 11) is 0. The van der Waals surface area contributed by atoms with Crippen molar-refractivity contribution in [3.05, 3.63) is 60.7 Å². The molecule has 2 aromatic rings. The van der Waals surface area contributed by atoms with Gasteiger partial charge in [0.15, 0.2) is 0 Å². The molecule has 0 spiro atoms. The van der Waals surface area contributed by atoms with Crippen molar-refractivity contribution in [3.8, 4) is 11.1 Å². The number of hydrogen-bond acceptors (Lipinski definition) is 2. The first kappa shape index (κ1) is 15.7. The van der Waals surface area contributed by atoms with Crippen LogP contribution in [-0.4, -0.2) is 19.1 Å². The molecule has 2 rings (SSSR count). The summed E-state index contributed by atoms with van der Waals surface area (Å²) in [6.45, 7) is 11.9. The minimum absolute atomic E-state index is 0.668. The minimum atomic E-state index is 0.668. The van der Waals surface area contributed by atoms with Gasteiger partial charge in [-0.05, 0) is 55.5 Å². The summed E-state index contributed by atoms with van der Waals surface area (Å²) in [4.78, 5) is 8.35. The maximum Gasteiger partial charge on any atom is 0.125 e. The molecule has 0 fully saturated rings. The summed E-state index contributed by atoms with van der Waals surface area (Å²) < 4.78 is 0. The summed E-state index contributed by atoms with van der Waals surface area (Å²) in [6.07, 6.45) is 1.84. The van der Waals surface area contributed by atoms with Gasteiger partial charge in [0.2, 0.25) is 0 Å². The Kier molecular flexibility index (Phi) is 5.26. The van der Waals surface area contributed by atoms with Crippen LogP contribution in [0.15, 0.2) is 65.1 Å². The Morgan fingerprint density at radius 1 is 1.18 bits per heavy atom. The van der Waals surface area contributed by atoms with Crippen LogP contribution in [0.25, 0.3) is 11.1 Å². The number of nitrogens with one attached hydrogen (secondary N) is 1. The zero-order chi connectivity index (χ0) is 15.9. The van der Waals surface area contributed by atoms with Crippen LogP contribution in [0.3, 0.4) is 0 Å². The Morgan fingerprint density at radius 3 is 2.68 bits per heavy atom. The lowest BCUT2D eigenvalue weighted by Gasteiger charge is -2.09. The summed E-state index contributed by atoms with van der Waals surface area (Å²) in [5.41, 5.74) is 5.39. The van der Waals surface area contributed by atoms with Gasteiger partial charge in [-0.1, -0.05) is 30.3 Å². The Morgan fingerprint density at radius 2 is 1.95 bits per heavy atom. The van der Waals surface area contributed by atoms with Crippen molar-refractivity contribution in [2.45, 2.75) is 13.8 Å². The molecule has 0 aromatic heterocycles. The van der Waals surface area contributed by atoms with Crippen molar-refractivity contribution in [1.29, 1.82) is 0 Å². The molecular weight excluding hydrogens is 270 g/mol. The van der Waals surface area contributed by atoms with E-state index in [1.807, 2.05) is 32.1 Å². The Bertz CT molecular complexity index is 714. The highest BCUT2D eigenvalue weighted by atomic mass is 14.9. The second kappa shape index (κ2) is 7.36. The van der Waals surface area contributed by atoms with E-state index in [2.05, 4.69) is 58.9 Å². The predicted octanol–water partition coefficient (Wildman–Crippen LogP) is 5.01. The molecular formula is C19H21N3. The Hall–Kier alpha value is -2.68. The molecule has 3 heteroatoms. The smallest absolute Gasteiger partial charge is 0.125 e. The molecule has 22 heavy (non-hydrogen) atoms. The monoisotopic (exact) mass is 291 g/mol. The minimum Gasteiger partial charge on any atom is -0.382 e. The normalized spacial score (nSPS) is 11.1. The molecule has 1 N–H and O–H groups in total. The van der Waals surface area contributed by atoms with Gasteiger partial charge in [-0.3, -0.25) is 0 Å². The van der Waals surface area contributed by atoms with E-state index in [9.17, 15) is 0 Å². The van der Waals surface area contributed by atoms with Gasteiger partial charge in [-0.25, -0.2) is 9.98 Å². The summed E-state index contributed by atoms with van der Waals surface area (Å²) in [6, 6.07) is 14.6. The zero-order valence-electron chi connectivity index (χ0n) is 13.1. The third-order valence-corrected chi connectivity index (χ3v) is 3.37. The van der Waals surface area contributed by atoms with Crippen LogP contribution in [0.5, 0.6) is 0 Å². The number of nitrogens with zero attached hydrogens (tertiary/aromatic N) is 2. The van der Waals surface area contributed by atoms with Gasteiger partial charge < -0.3 is 5.32 Å². The van der Waals surface area contributed by atoms with E-state index in [1.54, 1.807) is 0 Å². The van der Waals surface area contributed by atoms with E-state index in [-0.39, 0.29) is 0 Å². The highest BCUT2D eigenvalue weighted by Crippen LogP contribution is 2.29. The average Bonchev–Trinajstić information content (AvgIpc) is 2.55.